The molecule has 0 saturated carbocycles. The highest BCUT2D eigenvalue weighted by molar-refractivity contribution is 5.78. The lowest BCUT2D eigenvalue weighted by Gasteiger charge is -2.22. The summed E-state index contributed by atoms with van der Waals surface area (Å²) >= 11 is 0. The van der Waals surface area contributed by atoms with Gasteiger partial charge < -0.3 is 13.8 Å². The molecule has 1 amide bonds. The van der Waals surface area contributed by atoms with Crippen molar-refractivity contribution >= 4 is 5.91 Å². The van der Waals surface area contributed by atoms with E-state index in [1.165, 1.54) is 0 Å². The number of aromatic nitrogens is 2. The van der Waals surface area contributed by atoms with Gasteiger partial charge in [0, 0.05) is 13.1 Å². The second kappa shape index (κ2) is 7.03. The van der Waals surface area contributed by atoms with Crippen LogP contribution in [0.2, 0.25) is 0 Å². The molecule has 2 rings (SSSR count). The number of likely N-dealkylation sites (N-methyl/N-ethyl adjacent to an activating group) is 2. The van der Waals surface area contributed by atoms with Crippen LogP contribution < -0.4 is 0 Å². The Labute approximate surface area is 123 Å². The first kappa shape index (κ1) is 15.2. The Kier molecular flexibility index (Phi) is 5.10. The average molecular weight is 292 g/mol. The Bertz CT molecular complexity index is 561. The van der Waals surface area contributed by atoms with Gasteiger partial charge in [0.2, 0.25) is 17.6 Å². The van der Waals surface area contributed by atoms with Gasteiger partial charge >= 0.3 is 0 Å². The van der Waals surface area contributed by atoms with E-state index < -0.39 is 0 Å². The van der Waals surface area contributed by atoms with Crippen LogP contribution in [0, 0.1) is 0 Å². The molecule has 0 radical (unpaired) electrons. The quantitative estimate of drug-likeness (QED) is 0.772. The zero-order valence-corrected chi connectivity index (χ0v) is 12.6. The maximum Gasteiger partial charge on any atom is 0.241 e. The van der Waals surface area contributed by atoms with Crippen molar-refractivity contribution in [1.82, 2.24) is 19.9 Å². The molecule has 21 heavy (non-hydrogen) atoms. The predicted molar refractivity (Wildman–Crippen MR) is 76.3 cm³/mol. The first-order valence-corrected chi connectivity index (χ1v) is 6.96. The lowest BCUT2D eigenvalue weighted by atomic mass is 10.4. The minimum Gasteiger partial charge on any atom is -0.461 e. The normalized spacial score (nSPS) is 11.0. The SMILES string of the molecule is CCN(CC)C(=O)CN(C)Cc1nc(-c2ccco2)no1. The summed E-state index contributed by atoms with van der Waals surface area (Å²) in [6.45, 7) is 6.10. The highest BCUT2D eigenvalue weighted by atomic mass is 16.5. The molecule has 0 saturated heterocycles. The molecule has 0 spiro atoms. The Morgan fingerprint density at radius 2 is 2.10 bits per heavy atom. The molecule has 7 nitrogen and oxygen atoms in total. The van der Waals surface area contributed by atoms with Crippen molar-refractivity contribution < 1.29 is 13.7 Å². The fourth-order valence-electron chi connectivity index (χ4n) is 2.02. The highest BCUT2D eigenvalue weighted by Crippen LogP contribution is 2.16. The van der Waals surface area contributed by atoms with Gasteiger partial charge in [-0.1, -0.05) is 5.16 Å². The van der Waals surface area contributed by atoms with E-state index >= 15 is 0 Å². The molecule has 2 aromatic rings. The molecule has 0 bridgehead atoms. The first-order valence-electron chi connectivity index (χ1n) is 6.96. The topological polar surface area (TPSA) is 75.6 Å². The van der Waals surface area contributed by atoms with E-state index in [2.05, 4.69) is 10.1 Å². The van der Waals surface area contributed by atoms with E-state index in [1.807, 2.05) is 25.8 Å². The summed E-state index contributed by atoms with van der Waals surface area (Å²) in [5.41, 5.74) is 0. The number of furan rings is 1. The Balaban J connectivity index is 1.91. The van der Waals surface area contributed by atoms with E-state index in [0.717, 1.165) is 0 Å². The van der Waals surface area contributed by atoms with Crippen molar-refractivity contribution in [1.29, 1.82) is 0 Å². The zero-order valence-electron chi connectivity index (χ0n) is 12.6. The van der Waals surface area contributed by atoms with Gasteiger partial charge in [0.05, 0.1) is 19.4 Å². The van der Waals surface area contributed by atoms with Crippen LogP contribution in [0.4, 0.5) is 0 Å². The van der Waals surface area contributed by atoms with Crippen molar-refractivity contribution in [2.24, 2.45) is 0 Å². The highest BCUT2D eigenvalue weighted by Gasteiger charge is 2.16. The molecule has 2 heterocycles. The van der Waals surface area contributed by atoms with Crippen molar-refractivity contribution in [3.63, 3.8) is 0 Å². The number of amides is 1. The molecule has 7 heteroatoms. The van der Waals surface area contributed by atoms with Crippen LogP contribution in [0.1, 0.15) is 19.7 Å². The fourth-order valence-corrected chi connectivity index (χ4v) is 2.02. The zero-order chi connectivity index (χ0) is 15.2. The van der Waals surface area contributed by atoms with E-state index in [1.54, 1.807) is 23.3 Å². The monoisotopic (exact) mass is 292 g/mol. The van der Waals surface area contributed by atoms with E-state index in [9.17, 15) is 4.79 Å². The molecule has 0 aliphatic carbocycles. The van der Waals surface area contributed by atoms with Gasteiger partial charge in [-0.05, 0) is 33.0 Å². The number of carbonyl (C=O) groups is 1. The maximum absolute atomic E-state index is 12.0. The summed E-state index contributed by atoms with van der Waals surface area (Å²) in [5, 5.41) is 3.86. The van der Waals surface area contributed by atoms with Gasteiger partial charge in [-0.2, -0.15) is 4.98 Å². The smallest absolute Gasteiger partial charge is 0.241 e. The Hall–Kier alpha value is -2.15. The molecule has 0 unspecified atom stereocenters. The van der Waals surface area contributed by atoms with E-state index in [4.69, 9.17) is 8.94 Å². The van der Waals surface area contributed by atoms with Crippen LogP contribution in [0.15, 0.2) is 27.3 Å². The van der Waals surface area contributed by atoms with Crippen molar-refractivity contribution in [3.05, 3.63) is 24.3 Å². The van der Waals surface area contributed by atoms with Crippen molar-refractivity contribution in [2.45, 2.75) is 20.4 Å². The van der Waals surface area contributed by atoms with Crippen LogP contribution in [0.3, 0.4) is 0 Å². The third kappa shape index (κ3) is 3.91. The molecule has 0 fully saturated rings. The molecule has 114 valence electrons. The minimum atomic E-state index is 0.0910. The number of hydrogen-bond acceptors (Lipinski definition) is 6. The lowest BCUT2D eigenvalue weighted by Crippen LogP contribution is -2.38. The minimum absolute atomic E-state index is 0.0910. The molecule has 0 aliphatic rings. The molecule has 0 atom stereocenters. The molecule has 0 aromatic carbocycles. The lowest BCUT2D eigenvalue weighted by molar-refractivity contribution is -0.131. The number of hydrogen-bond donors (Lipinski definition) is 0. The number of carbonyl (C=O) groups excluding carboxylic acids is 1. The van der Waals surface area contributed by atoms with Crippen LogP contribution in [0.25, 0.3) is 11.6 Å². The summed E-state index contributed by atoms with van der Waals surface area (Å²) < 4.78 is 10.4. The number of nitrogens with zero attached hydrogens (tertiary/aromatic N) is 4. The summed E-state index contributed by atoms with van der Waals surface area (Å²) in [6, 6.07) is 3.53. The van der Waals surface area contributed by atoms with Gasteiger partial charge in [-0.15, -0.1) is 0 Å². The summed E-state index contributed by atoms with van der Waals surface area (Å²) in [6.07, 6.45) is 1.56. The van der Waals surface area contributed by atoms with Gasteiger partial charge in [0.15, 0.2) is 5.76 Å². The molecule has 0 N–H and O–H groups in total. The molecular formula is C14H20N4O3. The van der Waals surface area contributed by atoms with Gasteiger partial charge in [-0.3, -0.25) is 9.69 Å². The first-order chi connectivity index (χ1) is 10.1. The third-order valence-electron chi connectivity index (χ3n) is 3.14. The number of rotatable bonds is 7. The third-order valence-corrected chi connectivity index (χ3v) is 3.14. The largest absolute Gasteiger partial charge is 0.461 e. The summed E-state index contributed by atoms with van der Waals surface area (Å²) in [5.74, 6) is 1.52. The molecule has 0 aliphatic heterocycles. The molecular weight excluding hydrogens is 272 g/mol. The van der Waals surface area contributed by atoms with Crippen LogP contribution in [0.5, 0.6) is 0 Å². The molecule has 2 aromatic heterocycles. The summed E-state index contributed by atoms with van der Waals surface area (Å²) in [7, 11) is 1.85. The van der Waals surface area contributed by atoms with Crippen LogP contribution in [-0.2, 0) is 11.3 Å². The van der Waals surface area contributed by atoms with Crippen molar-refractivity contribution in [2.75, 3.05) is 26.7 Å². The van der Waals surface area contributed by atoms with E-state index in [-0.39, 0.29) is 5.91 Å². The summed E-state index contributed by atoms with van der Waals surface area (Å²) in [4.78, 5) is 19.9. The second-order valence-corrected chi connectivity index (χ2v) is 4.73. The Morgan fingerprint density at radius 3 is 2.71 bits per heavy atom. The van der Waals surface area contributed by atoms with Crippen LogP contribution in [-0.4, -0.2) is 52.5 Å². The fraction of sp³-hybridized carbons (Fsp3) is 0.500. The van der Waals surface area contributed by atoms with Gasteiger partial charge in [0.1, 0.15) is 0 Å². The van der Waals surface area contributed by atoms with Crippen LogP contribution >= 0.6 is 0 Å². The average Bonchev–Trinajstić information content (AvgIpc) is 3.10. The Morgan fingerprint density at radius 1 is 1.33 bits per heavy atom. The van der Waals surface area contributed by atoms with E-state index in [0.29, 0.717) is 43.7 Å². The van der Waals surface area contributed by atoms with Crippen molar-refractivity contribution in [3.8, 4) is 11.6 Å². The second-order valence-electron chi connectivity index (χ2n) is 4.73. The maximum atomic E-state index is 12.0. The van der Waals surface area contributed by atoms with Gasteiger partial charge in [0.25, 0.3) is 0 Å². The predicted octanol–water partition coefficient (Wildman–Crippen LogP) is 1.63. The van der Waals surface area contributed by atoms with Gasteiger partial charge in [-0.25, -0.2) is 0 Å². The standard InChI is InChI=1S/C14H20N4O3/c1-4-18(5-2)13(19)10-17(3)9-12-15-14(16-21-12)11-7-6-8-20-11/h6-8H,4-5,9-10H2,1-3H3.